The van der Waals surface area contributed by atoms with Gasteiger partial charge in [-0.25, -0.2) is 14.5 Å². The predicted molar refractivity (Wildman–Crippen MR) is 129 cm³/mol. The number of aromatic amines is 1. The number of fused-ring (bicyclic) bond motifs is 1. The fraction of sp³-hybridized carbons (Fsp3) is 0.200. The Morgan fingerprint density at radius 2 is 1.82 bits per heavy atom. The Kier molecular flexibility index (Phi) is 5.52. The van der Waals surface area contributed by atoms with Gasteiger partial charge >= 0.3 is 0 Å². The van der Waals surface area contributed by atoms with Crippen LogP contribution in [-0.2, 0) is 13.1 Å². The largest absolute Gasteiger partial charge is 0.344 e. The second-order valence-corrected chi connectivity index (χ2v) is 8.32. The van der Waals surface area contributed by atoms with Gasteiger partial charge in [-0.15, -0.1) is 0 Å². The molecule has 4 aromatic heterocycles. The van der Waals surface area contributed by atoms with E-state index in [-0.39, 0.29) is 0 Å². The average Bonchev–Trinajstić information content (AvgIpc) is 3.43. The summed E-state index contributed by atoms with van der Waals surface area (Å²) in [5.41, 5.74) is 8.88. The second-order valence-electron chi connectivity index (χ2n) is 8.32. The van der Waals surface area contributed by atoms with Gasteiger partial charge in [0.2, 0.25) is 0 Å². The Labute approximate surface area is 194 Å². The molecule has 0 saturated carbocycles. The summed E-state index contributed by atoms with van der Waals surface area (Å²) in [7, 11) is 6.41. The molecule has 0 bridgehead atoms. The maximum absolute atomic E-state index is 6.41. The van der Waals surface area contributed by atoms with Crippen molar-refractivity contribution in [3.63, 3.8) is 0 Å². The van der Waals surface area contributed by atoms with Crippen LogP contribution in [0.3, 0.4) is 0 Å². The predicted octanol–water partition coefficient (Wildman–Crippen LogP) is 4.19. The van der Waals surface area contributed by atoms with Crippen LogP contribution in [0.4, 0.5) is 0 Å². The van der Waals surface area contributed by atoms with Gasteiger partial charge in [-0.2, -0.15) is 5.10 Å². The number of hydrogen-bond donors (Lipinski definition) is 1. The van der Waals surface area contributed by atoms with Crippen LogP contribution in [0.1, 0.15) is 28.2 Å². The van der Waals surface area contributed by atoms with Crippen LogP contribution in [0.2, 0.25) is 0 Å². The number of nitrogens with zero attached hydrogens (tertiary/aromatic N) is 6. The molecule has 1 aromatic carbocycles. The van der Waals surface area contributed by atoms with E-state index in [1.807, 2.05) is 43.5 Å². The van der Waals surface area contributed by atoms with Crippen molar-refractivity contribution in [2.75, 3.05) is 0 Å². The minimum atomic E-state index is 0.470. The van der Waals surface area contributed by atoms with E-state index in [0.29, 0.717) is 13.1 Å². The van der Waals surface area contributed by atoms with E-state index in [0.717, 1.165) is 39.8 Å². The number of benzene rings is 1. The fourth-order valence-corrected chi connectivity index (χ4v) is 3.98. The quantitative estimate of drug-likeness (QED) is 0.407. The minimum absolute atomic E-state index is 0.470. The normalized spacial score (nSPS) is 11.5. The topological polar surface area (TPSA) is 75.0 Å². The Morgan fingerprint density at radius 3 is 2.67 bits per heavy atom. The molecule has 4 heterocycles. The summed E-state index contributed by atoms with van der Waals surface area (Å²) in [4.78, 5) is 19.1. The number of aryl methyl sites for hydroxylation is 2. The number of H-pyrrole nitrogens is 1. The minimum Gasteiger partial charge on any atom is -0.344 e. The molecular formula is C25H24BN7. The summed E-state index contributed by atoms with van der Waals surface area (Å²) in [6, 6.07) is 16.2. The first-order valence-corrected chi connectivity index (χ1v) is 10.9. The summed E-state index contributed by atoms with van der Waals surface area (Å²) < 4.78 is 1.74. The van der Waals surface area contributed by atoms with Crippen LogP contribution in [0.5, 0.6) is 0 Å². The molecule has 0 aliphatic rings. The van der Waals surface area contributed by atoms with Gasteiger partial charge in [-0.05, 0) is 61.7 Å². The highest BCUT2D eigenvalue weighted by molar-refractivity contribution is 6.04. The maximum Gasteiger partial charge on any atom is 0.183 e. The summed E-state index contributed by atoms with van der Waals surface area (Å²) >= 11 is 0. The van der Waals surface area contributed by atoms with E-state index in [1.165, 1.54) is 23.0 Å². The molecule has 8 heteroatoms. The number of pyridine rings is 2. The van der Waals surface area contributed by atoms with E-state index in [9.17, 15) is 0 Å². The fourth-order valence-electron chi connectivity index (χ4n) is 3.98. The molecule has 2 radical (unpaired) electrons. The number of nitrogens with one attached hydrogen (secondary N) is 1. The molecule has 1 N–H and O–H groups in total. The molecule has 33 heavy (non-hydrogen) atoms. The first-order chi connectivity index (χ1) is 16.0. The Morgan fingerprint density at radius 1 is 0.970 bits per heavy atom. The molecule has 162 valence electrons. The zero-order valence-electron chi connectivity index (χ0n) is 18.9. The van der Waals surface area contributed by atoms with Crippen molar-refractivity contribution >= 4 is 13.6 Å². The van der Waals surface area contributed by atoms with Crippen LogP contribution in [0, 0.1) is 20.8 Å². The van der Waals surface area contributed by atoms with Gasteiger partial charge in [-0.1, -0.05) is 24.3 Å². The summed E-state index contributed by atoms with van der Waals surface area (Å²) in [5, 5.41) is 4.26. The molecule has 0 atom stereocenters. The maximum atomic E-state index is 6.41. The van der Waals surface area contributed by atoms with E-state index in [4.69, 9.17) is 17.9 Å². The number of aromatic nitrogens is 6. The molecule has 0 spiro atoms. The number of imidazole rings is 1. The zero-order chi connectivity index (χ0) is 22.9. The van der Waals surface area contributed by atoms with Gasteiger partial charge in [0, 0.05) is 30.5 Å². The second kappa shape index (κ2) is 8.63. The van der Waals surface area contributed by atoms with E-state index < -0.39 is 0 Å². The van der Waals surface area contributed by atoms with Crippen molar-refractivity contribution in [1.82, 2.24) is 34.4 Å². The van der Waals surface area contributed by atoms with Gasteiger partial charge in [0.25, 0.3) is 0 Å². The van der Waals surface area contributed by atoms with Gasteiger partial charge in [0.05, 0.1) is 17.1 Å². The van der Waals surface area contributed by atoms with Crippen molar-refractivity contribution < 1.29 is 0 Å². The molecule has 5 aromatic rings. The van der Waals surface area contributed by atoms with Crippen molar-refractivity contribution in [1.29, 1.82) is 0 Å². The molecule has 0 saturated heterocycles. The first-order valence-electron chi connectivity index (χ1n) is 10.9. The summed E-state index contributed by atoms with van der Waals surface area (Å²) in [5.74, 6) is 0.773. The van der Waals surface area contributed by atoms with Gasteiger partial charge in [0.15, 0.2) is 13.6 Å². The standard InChI is InChI=1S/C25H24BN7/c1-16-6-4-8-19(18(16)3)12-32(26)14-22-30-24(20-10-11-23-27-15-28-33(23)13-20)25(31-22)21-9-5-7-17(2)29-21/h4-11,13,15H,12,14H2,1-3H3,(H,30,31). The molecular weight excluding hydrogens is 409 g/mol. The molecule has 7 nitrogen and oxygen atoms in total. The highest BCUT2D eigenvalue weighted by Gasteiger charge is 2.17. The van der Waals surface area contributed by atoms with Crippen LogP contribution in [0.25, 0.3) is 28.3 Å². The van der Waals surface area contributed by atoms with Gasteiger partial charge in [0.1, 0.15) is 12.2 Å². The smallest absolute Gasteiger partial charge is 0.183 e. The van der Waals surface area contributed by atoms with Crippen LogP contribution in [0.15, 0.2) is 61.1 Å². The third kappa shape index (κ3) is 4.30. The molecule has 0 amide bonds. The number of hydrogen-bond acceptors (Lipinski definition) is 5. The highest BCUT2D eigenvalue weighted by Crippen LogP contribution is 2.30. The third-order valence-electron chi connectivity index (χ3n) is 5.89. The molecule has 0 aliphatic carbocycles. The van der Waals surface area contributed by atoms with Crippen LogP contribution < -0.4 is 0 Å². The monoisotopic (exact) mass is 433 g/mol. The Bertz CT molecular complexity index is 1440. The lowest BCUT2D eigenvalue weighted by Crippen LogP contribution is -2.20. The summed E-state index contributed by atoms with van der Waals surface area (Å²) in [6.45, 7) is 7.33. The van der Waals surface area contributed by atoms with Gasteiger partial charge in [-0.3, -0.25) is 4.98 Å². The lowest BCUT2D eigenvalue weighted by Gasteiger charge is -2.18. The van der Waals surface area contributed by atoms with Gasteiger partial charge < -0.3 is 9.79 Å². The van der Waals surface area contributed by atoms with E-state index >= 15 is 0 Å². The Balaban J connectivity index is 1.50. The molecule has 0 fully saturated rings. The lowest BCUT2D eigenvalue weighted by atomic mass is 10.0. The average molecular weight is 433 g/mol. The van der Waals surface area contributed by atoms with E-state index in [2.05, 4.69) is 47.1 Å². The van der Waals surface area contributed by atoms with Crippen molar-refractivity contribution in [2.24, 2.45) is 0 Å². The Hall–Kier alpha value is -3.78. The van der Waals surface area contributed by atoms with Crippen molar-refractivity contribution in [3.8, 4) is 22.6 Å². The molecule has 0 unspecified atom stereocenters. The van der Waals surface area contributed by atoms with E-state index in [1.54, 1.807) is 9.33 Å². The first kappa shape index (κ1) is 21.1. The third-order valence-corrected chi connectivity index (χ3v) is 5.89. The SMILES string of the molecule is [B]N(Cc1nc(-c2ccc3ncnn3c2)c(-c2cccc(C)n2)[nH]1)Cc1cccc(C)c1C. The van der Waals surface area contributed by atoms with Crippen molar-refractivity contribution in [2.45, 2.75) is 33.9 Å². The van der Waals surface area contributed by atoms with Crippen LogP contribution >= 0.6 is 0 Å². The molecule has 0 aliphatic heterocycles. The lowest BCUT2D eigenvalue weighted by molar-refractivity contribution is 0.431. The highest BCUT2D eigenvalue weighted by atomic mass is 15.3. The number of rotatable bonds is 6. The molecule has 5 rings (SSSR count). The van der Waals surface area contributed by atoms with Crippen LogP contribution in [-0.4, -0.2) is 42.3 Å². The van der Waals surface area contributed by atoms with Crippen molar-refractivity contribution in [3.05, 3.63) is 89.3 Å². The zero-order valence-corrected chi connectivity index (χ0v) is 18.9. The summed E-state index contributed by atoms with van der Waals surface area (Å²) in [6.07, 6.45) is 3.47.